The molecule has 2 aliphatic rings. The standard InChI is InChI=1S/C17H24N2O2.ClH/c1-17(8-4-9-18-11-17)12-19-16(20)15-14-6-3-2-5-13(14)7-10-21-15;/h2-3,5-6,15,18H,4,7-12H2,1H3,(H,19,20);1H. The van der Waals surface area contributed by atoms with E-state index in [-0.39, 0.29) is 23.7 Å². The lowest BCUT2D eigenvalue weighted by molar-refractivity contribution is -0.134. The van der Waals surface area contributed by atoms with Crippen molar-refractivity contribution >= 4 is 18.3 Å². The van der Waals surface area contributed by atoms with Gasteiger partial charge in [-0.15, -0.1) is 12.4 Å². The smallest absolute Gasteiger partial charge is 0.253 e. The van der Waals surface area contributed by atoms with Crippen molar-refractivity contribution in [1.29, 1.82) is 0 Å². The number of nitrogens with one attached hydrogen (secondary N) is 2. The Morgan fingerprint density at radius 1 is 1.45 bits per heavy atom. The van der Waals surface area contributed by atoms with Crippen LogP contribution in [0.5, 0.6) is 0 Å². The first-order valence-corrected chi connectivity index (χ1v) is 7.86. The van der Waals surface area contributed by atoms with Crippen LogP contribution in [-0.4, -0.2) is 32.1 Å². The number of halogens is 1. The highest BCUT2D eigenvalue weighted by molar-refractivity contribution is 5.85. The van der Waals surface area contributed by atoms with E-state index in [1.54, 1.807) is 0 Å². The molecule has 5 heteroatoms. The number of carbonyl (C=O) groups is 1. The number of hydrogen-bond acceptors (Lipinski definition) is 3. The molecule has 2 N–H and O–H groups in total. The van der Waals surface area contributed by atoms with E-state index in [9.17, 15) is 4.79 Å². The van der Waals surface area contributed by atoms with Gasteiger partial charge in [0.2, 0.25) is 0 Å². The molecule has 2 unspecified atom stereocenters. The van der Waals surface area contributed by atoms with Crippen LogP contribution in [0.3, 0.4) is 0 Å². The monoisotopic (exact) mass is 324 g/mol. The summed E-state index contributed by atoms with van der Waals surface area (Å²) in [4.78, 5) is 12.5. The maximum atomic E-state index is 12.5. The Labute approximate surface area is 138 Å². The van der Waals surface area contributed by atoms with E-state index < -0.39 is 6.10 Å². The number of fused-ring (bicyclic) bond motifs is 1. The van der Waals surface area contributed by atoms with Crippen molar-refractivity contribution in [3.63, 3.8) is 0 Å². The maximum Gasteiger partial charge on any atom is 0.253 e. The van der Waals surface area contributed by atoms with Crippen molar-refractivity contribution in [2.75, 3.05) is 26.2 Å². The lowest BCUT2D eigenvalue weighted by Gasteiger charge is -2.35. The topological polar surface area (TPSA) is 50.4 Å². The molecule has 1 aromatic rings. The third-order valence-corrected chi connectivity index (χ3v) is 4.61. The van der Waals surface area contributed by atoms with Crippen molar-refractivity contribution in [2.45, 2.75) is 32.3 Å². The van der Waals surface area contributed by atoms with Crippen LogP contribution in [0.4, 0.5) is 0 Å². The Bertz CT molecular complexity index is 515. The van der Waals surface area contributed by atoms with Gasteiger partial charge in [0.1, 0.15) is 0 Å². The van der Waals surface area contributed by atoms with Crippen molar-refractivity contribution in [3.8, 4) is 0 Å². The number of benzene rings is 1. The summed E-state index contributed by atoms with van der Waals surface area (Å²) in [5.41, 5.74) is 2.41. The zero-order valence-corrected chi connectivity index (χ0v) is 13.9. The van der Waals surface area contributed by atoms with Gasteiger partial charge in [0.25, 0.3) is 5.91 Å². The second kappa shape index (κ2) is 7.44. The molecule has 122 valence electrons. The first kappa shape index (κ1) is 17.3. The summed E-state index contributed by atoms with van der Waals surface area (Å²) in [6.07, 6.45) is 2.77. The molecule has 0 bridgehead atoms. The van der Waals surface area contributed by atoms with E-state index in [2.05, 4.69) is 23.6 Å². The molecule has 4 nitrogen and oxygen atoms in total. The fraction of sp³-hybridized carbons (Fsp3) is 0.588. The van der Waals surface area contributed by atoms with E-state index in [0.717, 1.165) is 31.5 Å². The molecule has 3 rings (SSSR count). The highest BCUT2D eigenvalue weighted by atomic mass is 35.5. The average Bonchev–Trinajstić information content (AvgIpc) is 2.53. The summed E-state index contributed by atoms with van der Waals surface area (Å²) in [6.45, 7) is 5.61. The predicted octanol–water partition coefficient (Wildman–Crippen LogP) is 2.23. The van der Waals surface area contributed by atoms with Gasteiger partial charge in [-0.3, -0.25) is 4.79 Å². The molecule has 22 heavy (non-hydrogen) atoms. The number of ether oxygens (including phenoxy) is 1. The minimum atomic E-state index is -0.449. The largest absolute Gasteiger partial charge is 0.363 e. The summed E-state index contributed by atoms with van der Waals surface area (Å²) < 4.78 is 5.71. The minimum Gasteiger partial charge on any atom is -0.363 e. The van der Waals surface area contributed by atoms with E-state index in [1.807, 2.05) is 18.2 Å². The zero-order valence-electron chi connectivity index (χ0n) is 13.1. The number of piperidine rings is 1. The van der Waals surface area contributed by atoms with Crippen LogP contribution < -0.4 is 10.6 Å². The molecule has 2 atom stereocenters. The van der Waals surface area contributed by atoms with Gasteiger partial charge in [-0.2, -0.15) is 0 Å². The van der Waals surface area contributed by atoms with Crippen molar-refractivity contribution < 1.29 is 9.53 Å². The first-order valence-electron chi connectivity index (χ1n) is 7.86. The summed E-state index contributed by atoms with van der Waals surface area (Å²) in [5, 5.41) is 6.51. The lowest BCUT2D eigenvalue weighted by atomic mass is 9.82. The van der Waals surface area contributed by atoms with Gasteiger partial charge in [-0.1, -0.05) is 31.2 Å². The van der Waals surface area contributed by atoms with Gasteiger partial charge in [0, 0.05) is 13.1 Å². The Hall–Kier alpha value is -1.10. The molecule has 2 heterocycles. The Kier molecular flexibility index (Phi) is 5.84. The molecule has 0 radical (unpaired) electrons. The molecule has 0 aromatic heterocycles. The first-order chi connectivity index (χ1) is 10.2. The highest BCUT2D eigenvalue weighted by Gasteiger charge is 2.31. The van der Waals surface area contributed by atoms with Crippen molar-refractivity contribution in [2.24, 2.45) is 5.41 Å². The van der Waals surface area contributed by atoms with Gasteiger partial charge < -0.3 is 15.4 Å². The predicted molar refractivity (Wildman–Crippen MR) is 89.3 cm³/mol. The van der Waals surface area contributed by atoms with Crippen LogP contribution in [0.15, 0.2) is 24.3 Å². The van der Waals surface area contributed by atoms with Crippen LogP contribution in [0, 0.1) is 5.41 Å². The quantitative estimate of drug-likeness (QED) is 0.896. The van der Waals surface area contributed by atoms with Crippen molar-refractivity contribution in [1.82, 2.24) is 10.6 Å². The molecule has 1 amide bonds. The van der Waals surface area contributed by atoms with E-state index in [1.165, 1.54) is 12.0 Å². The lowest BCUT2D eigenvalue weighted by Crippen LogP contribution is -2.47. The molecule has 1 fully saturated rings. The number of rotatable bonds is 3. The van der Waals surface area contributed by atoms with Crippen LogP contribution in [-0.2, 0) is 16.0 Å². The van der Waals surface area contributed by atoms with Gasteiger partial charge in [0.15, 0.2) is 6.10 Å². The molecule has 1 saturated heterocycles. The molecule has 0 spiro atoms. The van der Waals surface area contributed by atoms with E-state index in [4.69, 9.17) is 4.74 Å². The Morgan fingerprint density at radius 3 is 3.05 bits per heavy atom. The van der Waals surface area contributed by atoms with Crippen LogP contribution >= 0.6 is 12.4 Å². The summed E-state index contributed by atoms with van der Waals surface area (Å²) in [6, 6.07) is 8.08. The third-order valence-electron chi connectivity index (χ3n) is 4.61. The van der Waals surface area contributed by atoms with E-state index >= 15 is 0 Å². The van der Waals surface area contributed by atoms with Gasteiger partial charge in [0.05, 0.1) is 6.61 Å². The molecule has 0 saturated carbocycles. The molecule has 0 aliphatic carbocycles. The fourth-order valence-electron chi connectivity index (χ4n) is 3.27. The summed E-state index contributed by atoms with van der Waals surface area (Å²) in [5.74, 6) is -0.00560. The number of hydrogen-bond donors (Lipinski definition) is 2. The SMILES string of the molecule is CC1(CNC(=O)C2OCCc3ccccc32)CCCNC1.Cl. The Morgan fingerprint density at radius 2 is 2.27 bits per heavy atom. The van der Waals surface area contributed by atoms with Crippen LogP contribution in [0.25, 0.3) is 0 Å². The van der Waals surface area contributed by atoms with E-state index in [0.29, 0.717) is 13.2 Å². The summed E-state index contributed by atoms with van der Waals surface area (Å²) in [7, 11) is 0. The fourth-order valence-corrected chi connectivity index (χ4v) is 3.27. The van der Waals surface area contributed by atoms with Gasteiger partial charge in [-0.05, 0) is 42.3 Å². The summed E-state index contributed by atoms with van der Waals surface area (Å²) >= 11 is 0. The molecular weight excluding hydrogens is 300 g/mol. The zero-order chi connectivity index (χ0) is 14.7. The third kappa shape index (κ3) is 3.80. The second-order valence-corrected chi connectivity index (χ2v) is 6.51. The normalized spacial score (nSPS) is 27.4. The molecular formula is C17H25ClN2O2. The highest BCUT2D eigenvalue weighted by Crippen LogP contribution is 2.28. The van der Waals surface area contributed by atoms with Crippen LogP contribution in [0.2, 0.25) is 0 Å². The average molecular weight is 325 g/mol. The molecule has 2 aliphatic heterocycles. The Balaban J connectivity index is 0.00000176. The number of carbonyl (C=O) groups excluding carboxylic acids is 1. The van der Waals surface area contributed by atoms with Crippen LogP contribution in [0.1, 0.15) is 37.0 Å². The number of amides is 1. The van der Waals surface area contributed by atoms with Crippen molar-refractivity contribution in [3.05, 3.63) is 35.4 Å². The van der Waals surface area contributed by atoms with Gasteiger partial charge >= 0.3 is 0 Å². The minimum absolute atomic E-state index is 0. The molecule has 1 aromatic carbocycles. The maximum absolute atomic E-state index is 12.5. The second-order valence-electron chi connectivity index (χ2n) is 6.51. The van der Waals surface area contributed by atoms with Gasteiger partial charge in [-0.25, -0.2) is 0 Å².